The van der Waals surface area contributed by atoms with Gasteiger partial charge in [-0.3, -0.25) is 0 Å². The molecule has 56 heavy (non-hydrogen) atoms. The first-order chi connectivity index (χ1) is 27.7. The highest BCUT2D eigenvalue weighted by Gasteiger charge is 2.18. The molecule has 0 saturated carbocycles. The molecular formula is C51H31N3S2. The molecule has 3 nitrogen and oxygen atoms in total. The predicted molar refractivity (Wildman–Crippen MR) is 238 cm³/mol. The van der Waals surface area contributed by atoms with E-state index in [0.29, 0.717) is 17.5 Å². The van der Waals surface area contributed by atoms with Crippen molar-refractivity contribution in [3.05, 3.63) is 188 Å². The zero-order chi connectivity index (χ0) is 37.0. The van der Waals surface area contributed by atoms with Crippen LogP contribution in [0.5, 0.6) is 0 Å². The van der Waals surface area contributed by atoms with Crippen molar-refractivity contribution < 1.29 is 0 Å². The van der Waals surface area contributed by atoms with Crippen molar-refractivity contribution >= 4 is 63.0 Å². The van der Waals surface area contributed by atoms with E-state index in [9.17, 15) is 0 Å². The van der Waals surface area contributed by atoms with E-state index in [2.05, 4.69) is 164 Å². The second-order valence-corrected chi connectivity index (χ2v) is 16.1. The Balaban J connectivity index is 1.05. The van der Waals surface area contributed by atoms with Gasteiger partial charge in [-0.1, -0.05) is 158 Å². The van der Waals surface area contributed by atoms with Crippen LogP contribution in [0.4, 0.5) is 0 Å². The summed E-state index contributed by atoms with van der Waals surface area (Å²) in [6.07, 6.45) is 0. The average molecular weight is 750 g/mol. The summed E-state index contributed by atoms with van der Waals surface area (Å²) in [5.74, 6) is 1.98. The Labute approximate surface area is 331 Å². The van der Waals surface area contributed by atoms with Gasteiger partial charge in [-0.15, -0.1) is 22.7 Å². The summed E-state index contributed by atoms with van der Waals surface area (Å²) in [5.41, 5.74) is 10.2. The molecule has 0 bridgehead atoms. The van der Waals surface area contributed by atoms with E-state index >= 15 is 0 Å². The first kappa shape index (κ1) is 32.6. The Hall–Kier alpha value is -6.79. The van der Waals surface area contributed by atoms with Crippen LogP contribution in [-0.2, 0) is 0 Å². The summed E-state index contributed by atoms with van der Waals surface area (Å²) in [7, 11) is 0. The minimum Gasteiger partial charge on any atom is -0.208 e. The molecular weight excluding hydrogens is 719 g/mol. The molecule has 11 rings (SSSR count). The van der Waals surface area contributed by atoms with E-state index in [1.54, 1.807) is 11.3 Å². The van der Waals surface area contributed by atoms with Gasteiger partial charge in [0.2, 0.25) is 0 Å². The monoisotopic (exact) mass is 749 g/mol. The van der Waals surface area contributed by atoms with Crippen LogP contribution in [-0.4, -0.2) is 15.0 Å². The van der Waals surface area contributed by atoms with Gasteiger partial charge in [0.1, 0.15) is 0 Å². The molecule has 5 heteroatoms. The molecule has 262 valence electrons. The molecule has 0 aliphatic carbocycles. The third kappa shape index (κ3) is 5.68. The largest absolute Gasteiger partial charge is 0.208 e. The highest BCUT2D eigenvalue weighted by atomic mass is 32.1. The maximum absolute atomic E-state index is 5.16. The van der Waals surface area contributed by atoms with E-state index < -0.39 is 0 Å². The Bertz CT molecular complexity index is 3220. The number of nitrogens with zero attached hydrogens (tertiary/aromatic N) is 3. The Kier molecular flexibility index (Phi) is 7.87. The number of hydrogen-bond donors (Lipinski definition) is 0. The number of thiophene rings is 2. The number of fused-ring (bicyclic) bond motifs is 6. The van der Waals surface area contributed by atoms with Gasteiger partial charge in [0, 0.05) is 57.0 Å². The first-order valence-electron chi connectivity index (χ1n) is 18.7. The molecule has 8 aromatic carbocycles. The molecule has 11 aromatic rings. The van der Waals surface area contributed by atoms with Gasteiger partial charge in [-0.05, 0) is 63.7 Å². The molecule has 0 fully saturated rings. The zero-order valence-corrected chi connectivity index (χ0v) is 31.7. The van der Waals surface area contributed by atoms with Crippen molar-refractivity contribution in [3.8, 4) is 67.5 Å². The van der Waals surface area contributed by atoms with Crippen molar-refractivity contribution in [2.45, 2.75) is 0 Å². The Morgan fingerprint density at radius 3 is 1.59 bits per heavy atom. The highest BCUT2D eigenvalue weighted by molar-refractivity contribution is 7.26. The van der Waals surface area contributed by atoms with Gasteiger partial charge in [0.05, 0.1) is 0 Å². The molecule has 3 aromatic heterocycles. The van der Waals surface area contributed by atoms with Gasteiger partial charge in [-0.2, -0.15) is 0 Å². The van der Waals surface area contributed by atoms with Gasteiger partial charge in [0.25, 0.3) is 0 Å². The Morgan fingerprint density at radius 2 is 0.839 bits per heavy atom. The molecule has 0 aliphatic heterocycles. The lowest BCUT2D eigenvalue weighted by atomic mass is 9.94. The number of benzene rings is 8. The maximum atomic E-state index is 5.16. The van der Waals surface area contributed by atoms with Crippen LogP contribution in [0.3, 0.4) is 0 Å². The van der Waals surface area contributed by atoms with E-state index in [1.165, 1.54) is 68.2 Å². The number of aromatic nitrogens is 3. The lowest BCUT2D eigenvalue weighted by Gasteiger charge is -2.10. The van der Waals surface area contributed by atoms with E-state index in [1.807, 2.05) is 35.6 Å². The molecule has 0 radical (unpaired) electrons. The minimum absolute atomic E-state index is 0.653. The lowest BCUT2D eigenvalue weighted by Crippen LogP contribution is -2.00. The van der Waals surface area contributed by atoms with Crippen molar-refractivity contribution in [2.24, 2.45) is 0 Å². The predicted octanol–water partition coefficient (Wildman–Crippen LogP) is 14.6. The van der Waals surface area contributed by atoms with E-state index in [-0.39, 0.29) is 0 Å². The Morgan fingerprint density at radius 1 is 0.286 bits per heavy atom. The molecule has 0 atom stereocenters. The second kappa shape index (κ2) is 13.5. The average Bonchev–Trinajstić information content (AvgIpc) is 3.85. The minimum atomic E-state index is 0.653. The molecule has 0 amide bonds. The standard InChI is InChI=1S/C51H31N3S2/c1-4-13-32(14-5-1)33-23-25-36(26-24-33)50-52-49(35-17-8-3-9-18-35)53-51(54-50)42-21-12-20-40-39-28-27-37(30-45(39)56-48(40)42)38-29-43(34-15-6-2-7-16-34)47-41-19-10-11-22-44(41)55-46(47)31-38/h1-31H. The third-order valence-corrected chi connectivity index (χ3v) is 12.9. The summed E-state index contributed by atoms with van der Waals surface area (Å²) in [6.45, 7) is 0. The topological polar surface area (TPSA) is 38.7 Å². The summed E-state index contributed by atoms with van der Waals surface area (Å²) in [5, 5.41) is 5.07. The van der Waals surface area contributed by atoms with Gasteiger partial charge in [-0.25, -0.2) is 15.0 Å². The smallest absolute Gasteiger partial charge is 0.165 e. The van der Waals surface area contributed by atoms with E-state index in [4.69, 9.17) is 15.0 Å². The summed E-state index contributed by atoms with van der Waals surface area (Å²) >= 11 is 3.67. The van der Waals surface area contributed by atoms with Crippen molar-refractivity contribution in [1.82, 2.24) is 15.0 Å². The van der Waals surface area contributed by atoms with Gasteiger partial charge >= 0.3 is 0 Å². The summed E-state index contributed by atoms with van der Waals surface area (Å²) < 4.78 is 5.01. The normalized spacial score (nSPS) is 11.6. The number of hydrogen-bond acceptors (Lipinski definition) is 5. The summed E-state index contributed by atoms with van der Waals surface area (Å²) in [6, 6.07) is 66.8. The fourth-order valence-electron chi connectivity index (χ4n) is 7.80. The van der Waals surface area contributed by atoms with Crippen LogP contribution in [0.1, 0.15) is 0 Å². The van der Waals surface area contributed by atoms with Crippen LogP contribution in [0.15, 0.2) is 188 Å². The zero-order valence-electron chi connectivity index (χ0n) is 30.1. The third-order valence-electron chi connectivity index (χ3n) is 10.6. The van der Waals surface area contributed by atoms with Crippen molar-refractivity contribution in [2.75, 3.05) is 0 Å². The highest BCUT2D eigenvalue weighted by Crippen LogP contribution is 2.45. The molecule has 0 unspecified atom stereocenters. The van der Waals surface area contributed by atoms with Crippen LogP contribution < -0.4 is 0 Å². The first-order valence-corrected chi connectivity index (χ1v) is 20.3. The van der Waals surface area contributed by atoms with Crippen LogP contribution in [0, 0.1) is 0 Å². The van der Waals surface area contributed by atoms with Crippen LogP contribution in [0.2, 0.25) is 0 Å². The van der Waals surface area contributed by atoms with Gasteiger partial charge in [0.15, 0.2) is 17.5 Å². The quantitative estimate of drug-likeness (QED) is 0.170. The fraction of sp³-hybridized carbons (Fsp3) is 0. The SMILES string of the molecule is c1ccc(-c2ccc(-c3nc(-c4ccccc4)nc(-c4cccc5c4sc4cc(-c6cc(-c7ccccc7)c7c(c6)sc6ccccc67)ccc45)n3)cc2)cc1. The molecule has 0 aliphatic rings. The van der Waals surface area contributed by atoms with E-state index in [0.717, 1.165) is 22.3 Å². The van der Waals surface area contributed by atoms with Crippen molar-refractivity contribution in [3.63, 3.8) is 0 Å². The molecule has 0 spiro atoms. The van der Waals surface area contributed by atoms with Crippen LogP contribution >= 0.6 is 22.7 Å². The van der Waals surface area contributed by atoms with Crippen LogP contribution in [0.25, 0.3) is 108 Å². The maximum Gasteiger partial charge on any atom is 0.165 e. The molecule has 0 saturated heterocycles. The van der Waals surface area contributed by atoms with Crippen molar-refractivity contribution in [1.29, 1.82) is 0 Å². The molecule has 0 N–H and O–H groups in total. The molecule has 3 heterocycles. The second-order valence-electron chi connectivity index (χ2n) is 14.0. The summed E-state index contributed by atoms with van der Waals surface area (Å²) in [4.78, 5) is 15.3. The fourth-order valence-corrected chi connectivity index (χ4v) is 10.2. The lowest BCUT2D eigenvalue weighted by molar-refractivity contribution is 1.08. The number of rotatable bonds is 6. The van der Waals surface area contributed by atoms with Gasteiger partial charge < -0.3 is 0 Å².